The summed E-state index contributed by atoms with van der Waals surface area (Å²) in [6.45, 7) is 0.994. The molecule has 0 aromatic heterocycles. The number of hydrogen-bond acceptors (Lipinski definition) is 2. The molecule has 1 rings (SSSR count). The molecule has 0 amide bonds. The van der Waals surface area contributed by atoms with Crippen molar-refractivity contribution in [3.63, 3.8) is 0 Å². The van der Waals surface area contributed by atoms with Gasteiger partial charge in [-0.3, -0.25) is 0 Å². The molecule has 1 aliphatic carbocycles. The molecule has 0 aromatic carbocycles. The third-order valence-corrected chi connectivity index (χ3v) is 1.96. The van der Waals surface area contributed by atoms with E-state index in [9.17, 15) is 0 Å². The van der Waals surface area contributed by atoms with E-state index in [1.807, 2.05) is 0 Å². The number of aliphatic hydroxyl groups excluding tert-OH is 1. The summed E-state index contributed by atoms with van der Waals surface area (Å²) in [4.78, 5) is 0. The van der Waals surface area contributed by atoms with Crippen LogP contribution in [0.25, 0.3) is 0 Å². The predicted octanol–water partition coefficient (Wildman–Crippen LogP) is 1.33. The Morgan fingerprint density at radius 3 is 2.60 bits per heavy atom. The first-order valence-corrected chi connectivity index (χ1v) is 4.16. The first-order chi connectivity index (χ1) is 4.93. The largest absolute Gasteiger partial charge is 0.396 e. The van der Waals surface area contributed by atoms with E-state index in [2.05, 4.69) is 0 Å². The van der Waals surface area contributed by atoms with Gasteiger partial charge in [0.1, 0.15) is 0 Å². The molecule has 0 heterocycles. The summed E-state index contributed by atoms with van der Waals surface area (Å²) >= 11 is 0. The molecule has 0 radical (unpaired) electrons. The smallest absolute Gasteiger partial charge is 0.0575 e. The second-order valence-corrected chi connectivity index (χ2v) is 2.85. The average Bonchev–Trinajstić information content (AvgIpc) is 2.41. The van der Waals surface area contributed by atoms with Crippen LogP contribution in [0.4, 0.5) is 0 Å². The van der Waals surface area contributed by atoms with Gasteiger partial charge in [0.15, 0.2) is 0 Å². The molecule has 0 saturated heterocycles. The molecule has 0 atom stereocenters. The molecule has 1 saturated carbocycles. The summed E-state index contributed by atoms with van der Waals surface area (Å²) in [5.41, 5.74) is 0. The van der Waals surface area contributed by atoms with Crippen molar-refractivity contribution in [1.82, 2.24) is 0 Å². The maximum atomic E-state index is 8.46. The van der Waals surface area contributed by atoms with Crippen LogP contribution in [0, 0.1) is 0 Å². The predicted molar refractivity (Wildman–Crippen MR) is 39.9 cm³/mol. The lowest BCUT2D eigenvalue weighted by molar-refractivity contribution is 0.0489. The first-order valence-electron chi connectivity index (χ1n) is 4.16. The maximum Gasteiger partial charge on any atom is 0.0575 e. The molecule has 1 aliphatic rings. The Bertz CT molecular complexity index is 77.3. The van der Waals surface area contributed by atoms with Crippen LogP contribution in [0.5, 0.6) is 0 Å². The molecule has 1 N–H and O–H groups in total. The van der Waals surface area contributed by atoms with Crippen LogP contribution in [0.1, 0.15) is 32.1 Å². The van der Waals surface area contributed by atoms with E-state index in [4.69, 9.17) is 9.84 Å². The van der Waals surface area contributed by atoms with Crippen molar-refractivity contribution in [3.05, 3.63) is 0 Å². The molecule has 60 valence electrons. The molecule has 2 nitrogen and oxygen atoms in total. The highest BCUT2D eigenvalue weighted by atomic mass is 16.5. The lowest BCUT2D eigenvalue weighted by Crippen LogP contribution is -2.09. The van der Waals surface area contributed by atoms with Crippen molar-refractivity contribution in [2.45, 2.75) is 38.2 Å². The number of rotatable bonds is 4. The third-order valence-electron chi connectivity index (χ3n) is 1.96. The third kappa shape index (κ3) is 2.67. The molecule has 0 unspecified atom stereocenters. The molecule has 2 heteroatoms. The van der Waals surface area contributed by atoms with Crippen LogP contribution in [0.3, 0.4) is 0 Å². The van der Waals surface area contributed by atoms with E-state index < -0.39 is 0 Å². The molecule has 0 bridgehead atoms. The van der Waals surface area contributed by atoms with Crippen molar-refractivity contribution in [3.8, 4) is 0 Å². The van der Waals surface area contributed by atoms with Crippen LogP contribution in [0.15, 0.2) is 0 Å². The SMILES string of the molecule is OCCCOC1CCCC1. The van der Waals surface area contributed by atoms with E-state index >= 15 is 0 Å². The number of hydrogen-bond donors (Lipinski definition) is 1. The Balaban J connectivity index is 1.91. The lowest BCUT2D eigenvalue weighted by Gasteiger charge is -2.09. The number of aliphatic hydroxyl groups is 1. The van der Waals surface area contributed by atoms with E-state index in [-0.39, 0.29) is 6.61 Å². The fraction of sp³-hybridized carbons (Fsp3) is 1.00. The van der Waals surface area contributed by atoms with Crippen LogP contribution in [-0.2, 0) is 4.74 Å². The topological polar surface area (TPSA) is 29.5 Å². The fourth-order valence-electron chi connectivity index (χ4n) is 1.37. The second-order valence-electron chi connectivity index (χ2n) is 2.85. The van der Waals surface area contributed by atoms with Gasteiger partial charge in [0.25, 0.3) is 0 Å². The molecule has 0 spiro atoms. The Morgan fingerprint density at radius 1 is 1.30 bits per heavy atom. The van der Waals surface area contributed by atoms with Crippen LogP contribution in [0.2, 0.25) is 0 Å². The van der Waals surface area contributed by atoms with Gasteiger partial charge in [0.2, 0.25) is 0 Å². The van der Waals surface area contributed by atoms with Gasteiger partial charge < -0.3 is 9.84 Å². The van der Waals surface area contributed by atoms with E-state index in [0.717, 1.165) is 13.0 Å². The molecule has 10 heavy (non-hydrogen) atoms. The van der Waals surface area contributed by atoms with E-state index in [1.165, 1.54) is 25.7 Å². The summed E-state index contributed by atoms with van der Waals surface area (Å²) in [6.07, 6.45) is 6.40. The highest BCUT2D eigenvalue weighted by Gasteiger charge is 2.14. The molecule has 0 aliphatic heterocycles. The summed E-state index contributed by atoms with van der Waals surface area (Å²) in [7, 11) is 0. The van der Waals surface area contributed by atoms with Crippen molar-refractivity contribution in [2.24, 2.45) is 0 Å². The summed E-state index contributed by atoms with van der Waals surface area (Å²) < 4.78 is 5.48. The zero-order valence-electron chi connectivity index (χ0n) is 6.38. The normalized spacial score (nSPS) is 20.1. The van der Waals surface area contributed by atoms with Gasteiger partial charge in [-0.15, -0.1) is 0 Å². The quantitative estimate of drug-likeness (QED) is 0.603. The van der Waals surface area contributed by atoms with Gasteiger partial charge in [0.05, 0.1) is 6.10 Å². The van der Waals surface area contributed by atoms with E-state index in [0.29, 0.717) is 6.10 Å². The zero-order valence-corrected chi connectivity index (χ0v) is 6.38. The standard InChI is InChI=1S/C8H16O2/c9-6-3-7-10-8-4-1-2-5-8/h8-9H,1-7H2. The van der Waals surface area contributed by atoms with Crippen LogP contribution < -0.4 is 0 Å². The van der Waals surface area contributed by atoms with Gasteiger partial charge in [-0.05, 0) is 19.3 Å². The Hall–Kier alpha value is -0.0800. The van der Waals surface area contributed by atoms with Gasteiger partial charge in [-0.2, -0.15) is 0 Å². The Labute approximate surface area is 62.2 Å². The second kappa shape index (κ2) is 4.69. The molecule has 1 fully saturated rings. The molecular formula is C8H16O2. The highest BCUT2D eigenvalue weighted by molar-refractivity contribution is 4.66. The van der Waals surface area contributed by atoms with Crippen molar-refractivity contribution in [2.75, 3.05) is 13.2 Å². The maximum absolute atomic E-state index is 8.46. The van der Waals surface area contributed by atoms with Crippen LogP contribution >= 0.6 is 0 Å². The zero-order chi connectivity index (χ0) is 7.23. The van der Waals surface area contributed by atoms with Gasteiger partial charge in [-0.25, -0.2) is 0 Å². The summed E-state index contributed by atoms with van der Waals surface area (Å²) in [5.74, 6) is 0. The number of ether oxygens (including phenoxy) is 1. The monoisotopic (exact) mass is 144 g/mol. The van der Waals surface area contributed by atoms with Crippen molar-refractivity contribution < 1.29 is 9.84 Å². The first kappa shape index (κ1) is 8.02. The molecule has 0 aromatic rings. The minimum atomic E-state index is 0.257. The minimum absolute atomic E-state index is 0.257. The highest BCUT2D eigenvalue weighted by Crippen LogP contribution is 2.20. The fourth-order valence-corrected chi connectivity index (χ4v) is 1.37. The van der Waals surface area contributed by atoms with Gasteiger partial charge >= 0.3 is 0 Å². The van der Waals surface area contributed by atoms with Crippen molar-refractivity contribution >= 4 is 0 Å². The van der Waals surface area contributed by atoms with Crippen LogP contribution in [-0.4, -0.2) is 24.4 Å². The van der Waals surface area contributed by atoms with Gasteiger partial charge in [-0.1, -0.05) is 12.8 Å². The Kier molecular flexibility index (Phi) is 3.76. The Morgan fingerprint density at radius 2 is 2.00 bits per heavy atom. The molecular weight excluding hydrogens is 128 g/mol. The summed E-state index contributed by atoms with van der Waals surface area (Å²) in [5, 5.41) is 8.46. The lowest BCUT2D eigenvalue weighted by atomic mass is 10.3. The van der Waals surface area contributed by atoms with Gasteiger partial charge in [0, 0.05) is 13.2 Å². The summed E-state index contributed by atoms with van der Waals surface area (Å²) in [6, 6.07) is 0. The van der Waals surface area contributed by atoms with E-state index in [1.54, 1.807) is 0 Å². The van der Waals surface area contributed by atoms with Crippen molar-refractivity contribution in [1.29, 1.82) is 0 Å². The average molecular weight is 144 g/mol. The minimum Gasteiger partial charge on any atom is -0.396 e.